The minimum absolute atomic E-state index is 0.0595. The molecule has 0 unspecified atom stereocenters. The Hall–Kier alpha value is -1.95. The van der Waals surface area contributed by atoms with Crippen LogP contribution in [-0.4, -0.2) is 62.1 Å². The van der Waals surface area contributed by atoms with Gasteiger partial charge in [-0.1, -0.05) is 38.5 Å². The van der Waals surface area contributed by atoms with Crippen LogP contribution in [0.25, 0.3) is 0 Å². The Morgan fingerprint density at radius 3 is 2.29 bits per heavy atom. The molecule has 11 heteroatoms. The van der Waals surface area contributed by atoms with Crippen LogP contribution in [0.3, 0.4) is 0 Å². The maximum absolute atomic E-state index is 14.2. The third kappa shape index (κ3) is 7.03. The standard InChI is InChI=1S/C20H31F2N3O6/c21-20(22)17(29)14(13-27)31-18(20)25-11-10-15(24-19(25)30)23-16(28)9-7-5-3-1-2-4-6-8-12-26/h10-11,14,17-18,26-27,29H,1-9,12-13H2,(H,23,24,28,30)/t14-,17-,18-/m1/s1. The van der Waals surface area contributed by atoms with Crippen molar-refractivity contribution in [2.24, 2.45) is 0 Å². The number of nitrogens with zero attached hydrogens (tertiary/aromatic N) is 2. The molecule has 0 bridgehead atoms. The summed E-state index contributed by atoms with van der Waals surface area (Å²) in [5, 5.41) is 29.8. The first-order valence-electron chi connectivity index (χ1n) is 10.6. The van der Waals surface area contributed by atoms with Gasteiger partial charge in [-0.15, -0.1) is 0 Å². The molecule has 2 heterocycles. The van der Waals surface area contributed by atoms with Crippen molar-refractivity contribution in [1.82, 2.24) is 9.55 Å². The van der Waals surface area contributed by atoms with Crippen LogP contribution in [0, 0.1) is 0 Å². The summed E-state index contributed by atoms with van der Waals surface area (Å²) >= 11 is 0. The van der Waals surface area contributed by atoms with Gasteiger partial charge in [0.15, 0.2) is 6.10 Å². The van der Waals surface area contributed by atoms with Crippen LogP contribution in [0.15, 0.2) is 17.1 Å². The molecule has 1 aliphatic heterocycles. The van der Waals surface area contributed by atoms with E-state index in [1.165, 1.54) is 6.07 Å². The molecule has 0 aromatic carbocycles. The largest absolute Gasteiger partial charge is 0.396 e. The molecular formula is C20H31F2N3O6. The van der Waals surface area contributed by atoms with Gasteiger partial charge in [-0.05, 0) is 18.9 Å². The summed E-state index contributed by atoms with van der Waals surface area (Å²) in [7, 11) is 0. The Morgan fingerprint density at radius 2 is 1.74 bits per heavy atom. The second-order valence-electron chi connectivity index (χ2n) is 7.68. The van der Waals surface area contributed by atoms with Gasteiger partial charge in [0.05, 0.1) is 6.61 Å². The highest BCUT2D eigenvalue weighted by molar-refractivity contribution is 5.89. The van der Waals surface area contributed by atoms with E-state index >= 15 is 0 Å². The number of amides is 1. The molecule has 2 rings (SSSR count). The molecule has 4 N–H and O–H groups in total. The predicted molar refractivity (Wildman–Crippen MR) is 108 cm³/mol. The van der Waals surface area contributed by atoms with Gasteiger partial charge in [0.2, 0.25) is 12.1 Å². The van der Waals surface area contributed by atoms with Crippen molar-refractivity contribution in [3.05, 3.63) is 22.7 Å². The van der Waals surface area contributed by atoms with Crippen LogP contribution in [0.5, 0.6) is 0 Å². The third-order valence-corrected chi connectivity index (χ3v) is 5.22. The number of carbonyl (C=O) groups excluding carboxylic acids is 1. The summed E-state index contributed by atoms with van der Waals surface area (Å²) in [6.45, 7) is -0.597. The second-order valence-corrected chi connectivity index (χ2v) is 7.68. The number of aliphatic hydroxyl groups is 3. The monoisotopic (exact) mass is 447 g/mol. The van der Waals surface area contributed by atoms with Crippen LogP contribution < -0.4 is 11.0 Å². The molecule has 0 radical (unpaired) electrons. The zero-order valence-corrected chi connectivity index (χ0v) is 17.4. The van der Waals surface area contributed by atoms with Crippen molar-refractivity contribution < 1.29 is 33.6 Å². The molecule has 31 heavy (non-hydrogen) atoms. The normalized spacial score (nSPS) is 22.5. The van der Waals surface area contributed by atoms with E-state index in [1.807, 2.05) is 0 Å². The number of carbonyl (C=O) groups is 1. The lowest BCUT2D eigenvalue weighted by atomic mass is 10.1. The molecule has 9 nitrogen and oxygen atoms in total. The minimum atomic E-state index is -3.79. The second kappa shape index (κ2) is 12.2. The van der Waals surface area contributed by atoms with Gasteiger partial charge in [-0.2, -0.15) is 13.8 Å². The maximum atomic E-state index is 14.2. The first-order valence-corrected chi connectivity index (χ1v) is 10.6. The smallest absolute Gasteiger partial charge is 0.351 e. The Balaban J connectivity index is 1.78. The quantitative estimate of drug-likeness (QED) is 0.337. The Morgan fingerprint density at radius 1 is 1.13 bits per heavy atom. The summed E-state index contributed by atoms with van der Waals surface area (Å²) in [6.07, 6.45) is 3.10. The highest BCUT2D eigenvalue weighted by Crippen LogP contribution is 2.41. The lowest BCUT2D eigenvalue weighted by Gasteiger charge is -2.21. The molecule has 1 saturated heterocycles. The fourth-order valence-electron chi connectivity index (χ4n) is 3.44. The van der Waals surface area contributed by atoms with Crippen molar-refractivity contribution in [3.8, 4) is 0 Å². The van der Waals surface area contributed by atoms with Crippen LogP contribution in [-0.2, 0) is 9.53 Å². The molecule has 1 aromatic heterocycles. The van der Waals surface area contributed by atoms with E-state index in [2.05, 4.69) is 10.3 Å². The summed E-state index contributed by atoms with van der Waals surface area (Å²) < 4.78 is 33.8. The van der Waals surface area contributed by atoms with Crippen LogP contribution in [0.1, 0.15) is 64.0 Å². The van der Waals surface area contributed by atoms with Crippen molar-refractivity contribution in [3.63, 3.8) is 0 Å². The number of hydrogen-bond donors (Lipinski definition) is 4. The lowest BCUT2D eigenvalue weighted by Crippen LogP contribution is -2.41. The number of aromatic nitrogens is 2. The van der Waals surface area contributed by atoms with Crippen LogP contribution in [0.4, 0.5) is 14.6 Å². The summed E-state index contributed by atoms with van der Waals surface area (Å²) in [4.78, 5) is 27.8. The number of unbranched alkanes of at least 4 members (excludes halogenated alkanes) is 7. The van der Waals surface area contributed by atoms with E-state index in [0.29, 0.717) is 11.0 Å². The average molecular weight is 447 g/mol. The Labute approximate surface area is 179 Å². The van der Waals surface area contributed by atoms with Crippen molar-refractivity contribution >= 4 is 11.7 Å². The number of ether oxygens (including phenoxy) is 1. The van der Waals surface area contributed by atoms with Crippen molar-refractivity contribution in [2.75, 3.05) is 18.5 Å². The molecule has 3 atom stereocenters. The zero-order valence-electron chi connectivity index (χ0n) is 17.4. The fourth-order valence-corrected chi connectivity index (χ4v) is 3.44. The van der Waals surface area contributed by atoms with E-state index in [1.54, 1.807) is 0 Å². The number of alkyl halides is 2. The van der Waals surface area contributed by atoms with Crippen LogP contribution >= 0.6 is 0 Å². The molecule has 0 aliphatic carbocycles. The van der Waals surface area contributed by atoms with Crippen LogP contribution in [0.2, 0.25) is 0 Å². The van der Waals surface area contributed by atoms with Gasteiger partial charge in [-0.25, -0.2) is 4.79 Å². The molecule has 1 amide bonds. The molecule has 1 fully saturated rings. The Kier molecular flexibility index (Phi) is 9.94. The number of aliphatic hydroxyl groups excluding tert-OH is 3. The minimum Gasteiger partial charge on any atom is -0.396 e. The highest BCUT2D eigenvalue weighted by Gasteiger charge is 2.59. The van der Waals surface area contributed by atoms with E-state index in [4.69, 9.17) is 14.9 Å². The third-order valence-electron chi connectivity index (χ3n) is 5.22. The molecule has 1 aromatic rings. The zero-order chi connectivity index (χ0) is 22.9. The fraction of sp³-hybridized carbons (Fsp3) is 0.750. The van der Waals surface area contributed by atoms with E-state index < -0.39 is 36.7 Å². The van der Waals surface area contributed by atoms with Crippen molar-refractivity contribution in [2.45, 2.75) is 82.1 Å². The molecule has 176 valence electrons. The highest BCUT2D eigenvalue weighted by atomic mass is 19.3. The van der Waals surface area contributed by atoms with E-state index in [9.17, 15) is 23.5 Å². The SMILES string of the molecule is O=C(CCCCCCCCCCO)Nc1ccn([C@@H]2O[C@H](CO)[C@@H](O)C2(F)F)c(=O)n1. The molecule has 1 aliphatic rings. The Bertz CT molecular complexity index is 761. The van der Waals surface area contributed by atoms with Gasteiger partial charge in [0.25, 0.3) is 0 Å². The number of anilines is 1. The van der Waals surface area contributed by atoms with Gasteiger partial charge in [0, 0.05) is 19.2 Å². The van der Waals surface area contributed by atoms with E-state index in [-0.39, 0.29) is 24.8 Å². The summed E-state index contributed by atoms with van der Waals surface area (Å²) in [5.41, 5.74) is -1.07. The predicted octanol–water partition coefficient (Wildman–Crippen LogP) is 1.57. The van der Waals surface area contributed by atoms with Crippen molar-refractivity contribution in [1.29, 1.82) is 0 Å². The first kappa shape index (κ1) is 25.3. The first-order chi connectivity index (χ1) is 14.8. The number of halogens is 2. The number of hydrogen-bond acceptors (Lipinski definition) is 7. The van der Waals surface area contributed by atoms with Gasteiger partial charge < -0.3 is 25.4 Å². The summed E-state index contributed by atoms with van der Waals surface area (Å²) in [5.74, 6) is -4.18. The topological polar surface area (TPSA) is 134 Å². The number of nitrogens with one attached hydrogen (secondary N) is 1. The molecule has 0 spiro atoms. The van der Waals surface area contributed by atoms with E-state index in [0.717, 1.165) is 51.1 Å². The average Bonchev–Trinajstić information content (AvgIpc) is 2.96. The van der Waals surface area contributed by atoms with Gasteiger partial charge >= 0.3 is 11.6 Å². The summed E-state index contributed by atoms with van der Waals surface area (Å²) in [6, 6.07) is 1.20. The van der Waals surface area contributed by atoms with Gasteiger partial charge in [0.1, 0.15) is 11.9 Å². The van der Waals surface area contributed by atoms with Gasteiger partial charge in [-0.3, -0.25) is 9.36 Å². The lowest BCUT2D eigenvalue weighted by molar-refractivity contribution is -0.141. The molecular weight excluding hydrogens is 416 g/mol. The number of rotatable bonds is 13. The molecule has 0 saturated carbocycles. The maximum Gasteiger partial charge on any atom is 0.351 e.